The van der Waals surface area contributed by atoms with Gasteiger partial charge in [0.05, 0.1) is 33.0 Å². The van der Waals surface area contributed by atoms with Crippen LogP contribution in [0.5, 0.6) is 0 Å². The zero-order valence-electron chi connectivity index (χ0n) is 9.95. The van der Waals surface area contributed by atoms with Crippen LogP contribution in [0.2, 0.25) is 0 Å². The third kappa shape index (κ3) is 5.63. The number of hydrogen-bond acceptors (Lipinski definition) is 4. The molecule has 2 N–H and O–H groups in total. The molecule has 0 aliphatic rings. The number of nitrogens with two attached hydrogens (primary N) is 1. The predicted octanol–water partition coefficient (Wildman–Crippen LogP) is 1.59. The van der Waals surface area contributed by atoms with Gasteiger partial charge in [0.2, 0.25) is 0 Å². The first-order valence-electron chi connectivity index (χ1n) is 5.42. The van der Waals surface area contributed by atoms with Crippen LogP contribution in [0.15, 0.2) is 18.2 Å². The highest BCUT2D eigenvalue weighted by atomic mass is 19.1. The van der Waals surface area contributed by atoms with Crippen molar-refractivity contribution < 1.29 is 18.6 Å². The van der Waals surface area contributed by atoms with Gasteiger partial charge in [0.1, 0.15) is 5.82 Å². The fraction of sp³-hybridized carbons (Fsp3) is 0.500. The molecule has 0 unspecified atom stereocenters. The molecule has 0 saturated heterocycles. The van der Waals surface area contributed by atoms with Crippen LogP contribution < -0.4 is 5.73 Å². The molecule has 1 aromatic carbocycles. The summed E-state index contributed by atoms with van der Waals surface area (Å²) in [7, 11) is 1.62. The molecule has 17 heavy (non-hydrogen) atoms. The minimum Gasteiger partial charge on any atom is -0.398 e. The molecule has 1 aromatic rings. The van der Waals surface area contributed by atoms with Crippen LogP contribution in [0.4, 0.5) is 10.1 Å². The highest BCUT2D eigenvalue weighted by Crippen LogP contribution is 2.14. The SMILES string of the molecule is COCCOCCOCc1cc(F)ccc1N. The lowest BCUT2D eigenvalue weighted by molar-refractivity contribution is 0.0200. The van der Waals surface area contributed by atoms with Gasteiger partial charge in [-0.25, -0.2) is 4.39 Å². The van der Waals surface area contributed by atoms with E-state index in [1.54, 1.807) is 7.11 Å². The van der Waals surface area contributed by atoms with Crippen LogP contribution in [0.3, 0.4) is 0 Å². The molecule has 4 nitrogen and oxygen atoms in total. The second kappa shape index (κ2) is 8.00. The van der Waals surface area contributed by atoms with Crippen LogP contribution in [-0.2, 0) is 20.8 Å². The van der Waals surface area contributed by atoms with E-state index in [0.717, 1.165) is 0 Å². The van der Waals surface area contributed by atoms with Gasteiger partial charge in [-0.1, -0.05) is 0 Å². The molecule has 96 valence electrons. The number of benzene rings is 1. The van der Waals surface area contributed by atoms with Gasteiger partial charge in [-0.15, -0.1) is 0 Å². The van der Waals surface area contributed by atoms with Crippen molar-refractivity contribution in [1.29, 1.82) is 0 Å². The van der Waals surface area contributed by atoms with E-state index in [4.69, 9.17) is 19.9 Å². The average molecular weight is 243 g/mol. The summed E-state index contributed by atoms with van der Waals surface area (Å²) in [5, 5.41) is 0. The highest BCUT2D eigenvalue weighted by molar-refractivity contribution is 5.46. The zero-order valence-corrected chi connectivity index (χ0v) is 9.95. The number of nitrogen functional groups attached to an aromatic ring is 1. The first kappa shape index (κ1) is 13.9. The minimum atomic E-state index is -0.311. The Morgan fingerprint density at radius 1 is 1.12 bits per heavy atom. The smallest absolute Gasteiger partial charge is 0.123 e. The summed E-state index contributed by atoms with van der Waals surface area (Å²) in [6.45, 7) is 2.33. The van der Waals surface area contributed by atoms with Gasteiger partial charge in [0.15, 0.2) is 0 Å². The Balaban J connectivity index is 2.15. The van der Waals surface area contributed by atoms with Crippen LogP contribution in [0.1, 0.15) is 5.56 Å². The van der Waals surface area contributed by atoms with Crippen LogP contribution in [-0.4, -0.2) is 33.5 Å². The summed E-state index contributed by atoms with van der Waals surface area (Å²) in [5.41, 5.74) is 6.86. The van der Waals surface area contributed by atoms with Gasteiger partial charge in [0, 0.05) is 18.4 Å². The molecule has 0 aromatic heterocycles. The maximum Gasteiger partial charge on any atom is 0.123 e. The molecule has 0 bridgehead atoms. The maximum absolute atomic E-state index is 12.9. The number of ether oxygens (including phenoxy) is 3. The lowest BCUT2D eigenvalue weighted by atomic mass is 10.2. The van der Waals surface area contributed by atoms with Crippen molar-refractivity contribution in [2.24, 2.45) is 0 Å². The standard InChI is InChI=1S/C12H18FNO3/c1-15-4-5-16-6-7-17-9-10-8-11(13)2-3-12(10)14/h2-3,8H,4-7,9,14H2,1H3. The fourth-order valence-corrected chi connectivity index (χ4v) is 1.24. The molecular formula is C12H18FNO3. The predicted molar refractivity (Wildman–Crippen MR) is 63.2 cm³/mol. The van der Waals surface area contributed by atoms with Crippen molar-refractivity contribution >= 4 is 5.69 Å². The quantitative estimate of drug-likeness (QED) is 0.556. The van der Waals surface area contributed by atoms with E-state index in [0.29, 0.717) is 37.7 Å². The largest absolute Gasteiger partial charge is 0.398 e. The first-order chi connectivity index (χ1) is 8.24. The van der Waals surface area contributed by atoms with Gasteiger partial charge in [0.25, 0.3) is 0 Å². The zero-order chi connectivity index (χ0) is 12.5. The van der Waals surface area contributed by atoms with E-state index in [1.807, 2.05) is 0 Å². The van der Waals surface area contributed by atoms with Crippen molar-refractivity contribution in [2.45, 2.75) is 6.61 Å². The summed E-state index contributed by atoms with van der Waals surface area (Å²) in [4.78, 5) is 0. The molecule has 0 amide bonds. The van der Waals surface area contributed by atoms with E-state index >= 15 is 0 Å². The summed E-state index contributed by atoms with van der Waals surface area (Å²) in [6.07, 6.45) is 0. The fourth-order valence-electron chi connectivity index (χ4n) is 1.24. The van der Waals surface area contributed by atoms with E-state index in [9.17, 15) is 4.39 Å². The van der Waals surface area contributed by atoms with E-state index in [1.165, 1.54) is 18.2 Å². The second-order valence-corrected chi connectivity index (χ2v) is 3.50. The number of halogens is 1. The third-order valence-corrected chi connectivity index (χ3v) is 2.17. The molecular weight excluding hydrogens is 225 g/mol. The van der Waals surface area contributed by atoms with E-state index in [2.05, 4.69) is 0 Å². The Hall–Kier alpha value is -1.17. The third-order valence-electron chi connectivity index (χ3n) is 2.17. The normalized spacial score (nSPS) is 10.7. The minimum absolute atomic E-state index is 0.289. The van der Waals surface area contributed by atoms with Crippen LogP contribution in [0, 0.1) is 5.82 Å². The highest BCUT2D eigenvalue weighted by Gasteiger charge is 2.01. The Labute approximate surface area is 100 Å². The lowest BCUT2D eigenvalue weighted by Gasteiger charge is -2.07. The number of rotatable bonds is 8. The Morgan fingerprint density at radius 2 is 1.82 bits per heavy atom. The lowest BCUT2D eigenvalue weighted by Crippen LogP contribution is -2.08. The molecule has 0 atom stereocenters. The van der Waals surface area contributed by atoms with Crippen molar-refractivity contribution in [1.82, 2.24) is 0 Å². The molecule has 0 aliphatic carbocycles. The summed E-state index contributed by atoms with van der Waals surface area (Å²) in [5.74, 6) is -0.311. The van der Waals surface area contributed by atoms with Gasteiger partial charge < -0.3 is 19.9 Å². The van der Waals surface area contributed by atoms with Crippen molar-refractivity contribution in [3.63, 3.8) is 0 Å². The molecule has 0 saturated carbocycles. The van der Waals surface area contributed by atoms with Crippen molar-refractivity contribution in [3.05, 3.63) is 29.6 Å². The molecule has 5 heteroatoms. The van der Waals surface area contributed by atoms with Gasteiger partial charge in [-0.3, -0.25) is 0 Å². The molecule has 0 radical (unpaired) electrons. The monoisotopic (exact) mass is 243 g/mol. The molecule has 1 rings (SSSR count). The summed E-state index contributed by atoms with van der Waals surface area (Å²) in [6, 6.07) is 4.23. The van der Waals surface area contributed by atoms with Gasteiger partial charge in [-0.2, -0.15) is 0 Å². The van der Waals surface area contributed by atoms with Crippen molar-refractivity contribution in [3.8, 4) is 0 Å². The topological polar surface area (TPSA) is 53.7 Å². The number of hydrogen-bond donors (Lipinski definition) is 1. The van der Waals surface area contributed by atoms with E-state index in [-0.39, 0.29) is 12.4 Å². The van der Waals surface area contributed by atoms with Gasteiger partial charge in [-0.05, 0) is 18.2 Å². The summed E-state index contributed by atoms with van der Waals surface area (Å²) >= 11 is 0. The molecule has 0 heterocycles. The van der Waals surface area contributed by atoms with Crippen LogP contribution >= 0.6 is 0 Å². The maximum atomic E-state index is 12.9. The Kier molecular flexibility index (Phi) is 6.54. The van der Waals surface area contributed by atoms with Crippen LogP contribution in [0.25, 0.3) is 0 Å². The Bertz CT molecular complexity index is 334. The number of methoxy groups -OCH3 is 1. The molecule has 0 spiro atoms. The molecule has 0 aliphatic heterocycles. The number of anilines is 1. The van der Waals surface area contributed by atoms with E-state index < -0.39 is 0 Å². The summed E-state index contributed by atoms with van der Waals surface area (Å²) < 4.78 is 28.3. The second-order valence-electron chi connectivity index (χ2n) is 3.50. The van der Waals surface area contributed by atoms with Crippen molar-refractivity contribution in [2.75, 3.05) is 39.3 Å². The first-order valence-corrected chi connectivity index (χ1v) is 5.42. The Morgan fingerprint density at radius 3 is 2.59 bits per heavy atom. The average Bonchev–Trinajstić information content (AvgIpc) is 2.32. The van der Waals surface area contributed by atoms with Gasteiger partial charge >= 0.3 is 0 Å². The molecule has 0 fully saturated rings.